The minimum atomic E-state index is -1.14. The van der Waals surface area contributed by atoms with E-state index in [-0.39, 0.29) is 11.5 Å². The summed E-state index contributed by atoms with van der Waals surface area (Å²) in [6.45, 7) is 1.61. The highest BCUT2D eigenvalue weighted by atomic mass is 16.5. The lowest BCUT2D eigenvalue weighted by molar-refractivity contribution is -0.137. The van der Waals surface area contributed by atoms with Gasteiger partial charge < -0.3 is 20.9 Å². The first kappa shape index (κ1) is 14.0. The molecule has 4 N–H and O–H groups in total. The number of fused-ring (bicyclic) bond motifs is 1. The molecule has 0 aliphatic carbocycles. The predicted molar refractivity (Wildman–Crippen MR) is 69.7 cm³/mol. The summed E-state index contributed by atoms with van der Waals surface area (Å²) in [5.74, 6) is -1.49. The quantitative estimate of drug-likeness (QED) is 0.685. The summed E-state index contributed by atoms with van der Waals surface area (Å²) in [4.78, 5) is 34.0. The molecule has 0 spiro atoms. The zero-order chi connectivity index (χ0) is 14.9. The van der Waals surface area contributed by atoms with Gasteiger partial charge in [-0.2, -0.15) is 0 Å². The van der Waals surface area contributed by atoms with Gasteiger partial charge in [0.25, 0.3) is 5.91 Å². The molecule has 106 valence electrons. The summed E-state index contributed by atoms with van der Waals surface area (Å²) in [5, 5.41) is 11.2. The molecule has 1 aromatic carbocycles. The van der Waals surface area contributed by atoms with E-state index in [0.29, 0.717) is 11.4 Å². The minimum absolute atomic E-state index is 0.232. The monoisotopic (exact) mass is 278 g/mol. The minimum Gasteiger partial charge on any atom is -0.481 e. The summed E-state index contributed by atoms with van der Waals surface area (Å²) < 4.78 is 5.36. The number of Topliss-reactive ketones (excluding diaryl/α,β-unsaturated/α-hetero) is 1. The number of carboxylic acids is 1. The highest BCUT2D eigenvalue weighted by molar-refractivity contribution is 6.04. The van der Waals surface area contributed by atoms with Gasteiger partial charge in [-0.3, -0.25) is 14.4 Å². The molecule has 0 radical (unpaired) electrons. The topological polar surface area (TPSA) is 119 Å². The van der Waals surface area contributed by atoms with Gasteiger partial charge in [-0.05, 0) is 25.1 Å². The second-order valence-electron chi connectivity index (χ2n) is 4.53. The van der Waals surface area contributed by atoms with Crippen LogP contribution in [0.1, 0.15) is 23.7 Å². The van der Waals surface area contributed by atoms with Crippen molar-refractivity contribution >= 4 is 23.3 Å². The summed E-state index contributed by atoms with van der Waals surface area (Å²) in [7, 11) is 0. The summed E-state index contributed by atoms with van der Waals surface area (Å²) >= 11 is 0. The van der Waals surface area contributed by atoms with Crippen LogP contribution in [-0.4, -0.2) is 34.9 Å². The number of ketones is 1. The molecule has 0 saturated carbocycles. The maximum Gasteiger partial charge on any atom is 0.305 e. The molecule has 2 rings (SSSR count). The number of hydrogen-bond acceptors (Lipinski definition) is 5. The van der Waals surface area contributed by atoms with Crippen molar-refractivity contribution in [2.24, 2.45) is 5.73 Å². The molecular formula is C13H14N2O5. The Labute approximate surface area is 114 Å². The Balaban J connectivity index is 2.23. The molecule has 2 atom stereocenters. The third-order valence-electron chi connectivity index (χ3n) is 2.93. The van der Waals surface area contributed by atoms with Crippen molar-refractivity contribution in [3.8, 4) is 5.75 Å². The van der Waals surface area contributed by atoms with E-state index >= 15 is 0 Å². The third-order valence-corrected chi connectivity index (χ3v) is 2.93. The normalized spacial score (nSPS) is 18.5. The molecule has 1 heterocycles. The molecule has 0 bridgehead atoms. The summed E-state index contributed by atoms with van der Waals surface area (Å²) in [6, 6.07) is 3.35. The van der Waals surface area contributed by atoms with Crippen LogP contribution in [0.4, 0.5) is 5.69 Å². The van der Waals surface area contributed by atoms with Crippen LogP contribution in [0, 0.1) is 0 Å². The second-order valence-corrected chi connectivity index (χ2v) is 4.53. The Morgan fingerprint density at radius 2 is 2.20 bits per heavy atom. The number of benzene rings is 1. The van der Waals surface area contributed by atoms with Gasteiger partial charge in [0, 0.05) is 5.56 Å². The van der Waals surface area contributed by atoms with Crippen LogP contribution >= 0.6 is 0 Å². The Bertz CT molecular complexity index is 584. The van der Waals surface area contributed by atoms with Gasteiger partial charge in [0.1, 0.15) is 5.75 Å². The Morgan fingerprint density at radius 3 is 2.85 bits per heavy atom. The molecule has 0 aromatic heterocycles. The smallest absolute Gasteiger partial charge is 0.305 e. The van der Waals surface area contributed by atoms with Crippen molar-refractivity contribution in [3.05, 3.63) is 23.8 Å². The Hall–Kier alpha value is -2.41. The number of aliphatic carboxylic acids is 1. The van der Waals surface area contributed by atoms with Crippen molar-refractivity contribution in [2.75, 3.05) is 5.32 Å². The van der Waals surface area contributed by atoms with E-state index < -0.39 is 30.3 Å². The molecule has 20 heavy (non-hydrogen) atoms. The molecule has 7 nitrogen and oxygen atoms in total. The highest BCUT2D eigenvalue weighted by Crippen LogP contribution is 2.30. The standard InChI is InChI=1S/C13H14N2O5/c1-6-13(19)15-9-4-7(2-3-10(9)20-6)12(18)8(14)5-11(16)17/h2-4,6,8H,5,14H2,1H3,(H,15,19)(H,16,17). The average molecular weight is 278 g/mol. The lowest BCUT2D eigenvalue weighted by Crippen LogP contribution is -2.35. The van der Waals surface area contributed by atoms with Gasteiger partial charge in [0.05, 0.1) is 18.2 Å². The van der Waals surface area contributed by atoms with Crippen molar-refractivity contribution in [1.82, 2.24) is 0 Å². The maximum atomic E-state index is 12.0. The first-order chi connectivity index (χ1) is 9.38. The van der Waals surface area contributed by atoms with E-state index in [0.717, 1.165) is 0 Å². The number of amides is 1. The Kier molecular flexibility index (Phi) is 3.71. The fraction of sp³-hybridized carbons (Fsp3) is 0.308. The van der Waals surface area contributed by atoms with Crippen LogP contribution in [0.2, 0.25) is 0 Å². The van der Waals surface area contributed by atoms with Gasteiger partial charge in [-0.1, -0.05) is 0 Å². The van der Waals surface area contributed by atoms with E-state index in [2.05, 4.69) is 5.32 Å². The Morgan fingerprint density at radius 1 is 1.50 bits per heavy atom. The van der Waals surface area contributed by atoms with E-state index in [9.17, 15) is 14.4 Å². The van der Waals surface area contributed by atoms with Gasteiger partial charge in [0.15, 0.2) is 11.9 Å². The van der Waals surface area contributed by atoms with E-state index in [1.165, 1.54) is 12.1 Å². The van der Waals surface area contributed by atoms with Crippen LogP contribution in [0.25, 0.3) is 0 Å². The molecule has 2 unspecified atom stereocenters. The molecule has 1 aromatic rings. The summed E-state index contributed by atoms with van der Waals surface area (Å²) in [5.41, 5.74) is 6.14. The van der Waals surface area contributed by atoms with Crippen molar-refractivity contribution in [1.29, 1.82) is 0 Å². The SMILES string of the molecule is CC1Oc2ccc(C(=O)C(N)CC(=O)O)cc2NC1=O. The molecule has 1 amide bonds. The summed E-state index contributed by atoms with van der Waals surface area (Å²) in [6.07, 6.45) is -1.05. The molecule has 1 aliphatic rings. The second kappa shape index (κ2) is 5.30. The van der Waals surface area contributed by atoms with Gasteiger partial charge in [-0.25, -0.2) is 0 Å². The van der Waals surface area contributed by atoms with E-state index in [1.807, 2.05) is 0 Å². The van der Waals surface area contributed by atoms with Crippen LogP contribution in [0.3, 0.4) is 0 Å². The van der Waals surface area contributed by atoms with Crippen LogP contribution in [0.5, 0.6) is 5.75 Å². The number of carboxylic acid groups (broad SMARTS) is 1. The fourth-order valence-electron chi connectivity index (χ4n) is 1.86. The first-order valence-electron chi connectivity index (χ1n) is 6.01. The molecule has 1 aliphatic heterocycles. The van der Waals surface area contributed by atoms with Crippen molar-refractivity contribution in [2.45, 2.75) is 25.5 Å². The number of anilines is 1. The van der Waals surface area contributed by atoms with Crippen molar-refractivity contribution < 1.29 is 24.2 Å². The van der Waals surface area contributed by atoms with Crippen LogP contribution < -0.4 is 15.8 Å². The molecule has 0 saturated heterocycles. The van der Waals surface area contributed by atoms with Crippen molar-refractivity contribution in [3.63, 3.8) is 0 Å². The number of nitrogens with two attached hydrogens (primary N) is 1. The van der Waals surface area contributed by atoms with Crippen LogP contribution in [0.15, 0.2) is 18.2 Å². The maximum absolute atomic E-state index is 12.0. The fourth-order valence-corrected chi connectivity index (χ4v) is 1.86. The first-order valence-corrected chi connectivity index (χ1v) is 6.01. The lowest BCUT2D eigenvalue weighted by Gasteiger charge is -2.23. The molecule has 0 fully saturated rings. The number of nitrogens with one attached hydrogen (secondary N) is 1. The van der Waals surface area contributed by atoms with Crippen LogP contribution in [-0.2, 0) is 9.59 Å². The average Bonchev–Trinajstić information content (AvgIpc) is 2.38. The zero-order valence-corrected chi connectivity index (χ0v) is 10.8. The molecular weight excluding hydrogens is 264 g/mol. The third kappa shape index (κ3) is 2.77. The highest BCUT2D eigenvalue weighted by Gasteiger charge is 2.25. The number of hydrogen-bond donors (Lipinski definition) is 3. The van der Waals surface area contributed by atoms with E-state index in [1.54, 1.807) is 13.0 Å². The zero-order valence-electron chi connectivity index (χ0n) is 10.8. The lowest BCUT2D eigenvalue weighted by atomic mass is 10.0. The predicted octanol–water partition coefficient (Wildman–Crippen LogP) is 0.391. The van der Waals surface area contributed by atoms with Gasteiger partial charge in [-0.15, -0.1) is 0 Å². The van der Waals surface area contributed by atoms with Gasteiger partial charge in [0.2, 0.25) is 0 Å². The molecule has 7 heteroatoms. The van der Waals surface area contributed by atoms with Gasteiger partial charge >= 0.3 is 5.97 Å². The number of ether oxygens (including phenoxy) is 1. The number of rotatable bonds is 4. The van der Waals surface area contributed by atoms with E-state index in [4.69, 9.17) is 15.6 Å². The largest absolute Gasteiger partial charge is 0.481 e. The number of carbonyl (C=O) groups is 3. The number of carbonyl (C=O) groups excluding carboxylic acids is 2.